The largest absolute Gasteiger partial charge is 0.378 e. The van der Waals surface area contributed by atoms with Gasteiger partial charge < -0.3 is 15.6 Å². The second-order valence-electron chi connectivity index (χ2n) is 6.29. The van der Waals surface area contributed by atoms with Gasteiger partial charge in [-0.05, 0) is 41.5 Å². The summed E-state index contributed by atoms with van der Waals surface area (Å²) in [5.74, 6) is 0.00188. The van der Waals surface area contributed by atoms with Crippen molar-refractivity contribution in [1.29, 1.82) is 0 Å². The van der Waals surface area contributed by atoms with E-state index in [0.717, 1.165) is 16.2 Å². The molecule has 3 heterocycles. The Bertz CT molecular complexity index is 1060. The van der Waals surface area contributed by atoms with Gasteiger partial charge in [0.2, 0.25) is 0 Å². The molecule has 1 aromatic carbocycles. The van der Waals surface area contributed by atoms with Crippen molar-refractivity contribution in [3.05, 3.63) is 69.7 Å². The van der Waals surface area contributed by atoms with Crippen LogP contribution in [-0.4, -0.2) is 28.9 Å². The SMILES string of the molecule is CNc1snc(C)c1C(=O)NC[C@H](c1cccs1)c1c[nH]c2ccccc12. The molecule has 0 bridgehead atoms. The number of hydrogen-bond acceptors (Lipinski definition) is 5. The van der Waals surface area contributed by atoms with Gasteiger partial charge in [0.15, 0.2) is 0 Å². The number of nitrogens with one attached hydrogen (secondary N) is 3. The highest BCUT2D eigenvalue weighted by atomic mass is 32.1. The van der Waals surface area contributed by atoms with Gasteiger partial charge >= 0.3 is 0 Å². The van der Waals surface area contributed by atoms with Crippen LogP contribution >= 0.6 is 22.9 Å². The second kappa shape index (κ2) is 7.54. The van der Waals surface area contributed by atoms with Gasteiger partial charge in [0.05, 0.1) is 11.3 Å². The fourth-order valence-electron chi connectivity index (χ4n) is 3.33. The highest BCUT2D eigenvalue weighted by Gasteiger charge is 2.22. The minimum Gasteiger partial charge on any atom is -0.378 e. The Balaban J connectivity index is 1.63. The fraction of sp³-hybridized carbons (Fsp3) is 0.200. The van der Waals surface area contributed by atoms with E-state index >= 15 is 0 Å². The summed E-state index contributed by atoms with van der Waals surface area (Å²) in [7, 11) is 1.81. The van der Waals surface area contributed by atoms with Crippen LogP contribution in [0.3, 0.4) is 0 Å². The molecule has 27 heavy (non-hydrogen) atoms. The number of fused-ring (bicyclic) bond motifs is 1. The van der Waals surface area contributed by atoms with Crippen LogP contribution in [-0.2, 0) is 0 Å². The van der Waals surface area contributed by atoms with E-state index in [4.69, 9.17) is 0 Å². The first-order valence-corrected chi connectivity index (χ1v) is 10.4. The van der Waals surface area contributed by atoms with E-state index in [2.05, 4.69) is 55.8 Å². The highest BCUT2D eigenvalue weighted by Crippen LogP contribution is 2.33. The Kier molecular flexibility index (Phi) is 4.96. The summed E-state index contributed by atoms with van der Waals surface area (Å²) < 4.78 is 4.29. The number of nitrogens with zero attached hydrogens (tertiary/aromatic N) is 1. The zero-order valence-electron chi connectivity index (χ0n) is 15.1. The number of thiophene rings is 1. The number of para-hydroxylation sites is 1. The number of hydrogen-bond donors (Lipinski definition) is 3. The number of aromatic nitrogens is 2. The highest BCUT2D eigenvalue weighted by molar-refractivity contribution is 7.10. The molecule has 0 saturated carbocycles. The zero-order valence-corrected chi connectivity index (χ0v) is 16.7. The maximum absolute atomic E-state index is 12.8. The average Bonchev–Trinajstić information content (AvgIpc) is 3.42. The molecule has 1 atom stereocenters. The van der Waals surface area contributed by atoms with Crippen molar-refractivity contribution < 1.29 is 4.79 Å². The molecule has 0 aliphatic carbocycles. The number of H-pyrrole nitrogens is 1. The smallest absolute Gasteiger partial charge is 0.256 e. The Morgan fingerprint density at radius 2 is 2.11 bits per heavy atom. The number of aromatic amines is 1. The van der Waals surface area contributed by atoms with E-state index in [-0.39, 0.29) is 11.8 Å². The number of rotatable bonds is 6. The Morgan fingerprint density at radius 3 is 2.89 bits per heavy atom. The predicted molar refractivity (Wildman–Crippen MR) is 113 cm³/mol. The van der Waals surface area contributed by atoms with E-state index in [1.807, 2.05) is 26.1 Å². The molecule has 0 saturated heterocycles. The van der Waals surface area contributed by atoms with Crippen LogP contribution in [0.1, 0.15) is 32.4 Å². The molecule has 0 spiro atoms. The van der Waals surface area contributed by atoms with E-state index < -0.39 is 0 Å². The van der Waals surface area contributed by atoms with Gasteiger partial charge in [-0.2, -0.15) is 4.37 Å². The van der Waals surface area contributed by atoms with Gasteiger partial charge in [-0.1, -0.05) is 24.3 Å². The second-order valence-corrected chi connectivity index (χ2v) is 8.04. The molecule has 7 heteroatoms. The van der Waals surface area contributed by atoms with Crippen LogP contribution in [0.2, 0.25) is 0 Å². The third-order valence-corrected chi connectivity index (χ3v) is 6.61. The van der Waals surface area contributed by atoms with Crippen LogP contribution < -0.4 is 10.6 Å². The molecular formula is C20H20N4OS2. The summed E-state index contributed by atoms with van der Waals surface area (Å²) in [6.07, 6.45) is 2.05. The van der Waals surface area contributed by atoms with Gasteiger partial charge in [0.25, 0.3) is 5.91 Å². The number of aryl methyl sites for hydroxylation is 1. The van der Waals surface area contributed by atoms with Crippen molar-refractivity contribution in [3.63, 3.8) is 0 Å². The van der Waals surface area contributed by atoms with E-state index in [0.29, 0.717) is 12.1 Å². The first-order chi connectivity index (χ1) is 13.2. The number of carbonyl (C=O) groups excluding carboxylic acids is 1. The summed E-state index contributed by atoms with van der Waals surface area (Å²) in [6.45, 7) is 2.39. The first kappa shape index (κ1) is 17.8. The molecule has 0 aliphatic rings. The minimum absolute atomic E-state index is 0.0907. The maximum atomic E-state index is 12.8. The van der Waals surface area contributed by atoms with E-state index in [1.54, 1.807) is 11.3 Å². The third kappa shape index (κ3) is 3.36. The number of amides is 1. The summed E-state index contributed by atoms with van der Waals surface area (Å²) >= 11 is 3.02. The average molecular weight is 397 g/mol. The Labute approximate surface area is 165 Å². The Morgan fingerprint density at radius 1 is 1.26 bits per heavy atom. The lowest BCUT2D eigenvalue weighted by Gasteiger charge is -2.16. The molecule has 0 radical (unpaired) electrons. The van der Waals surface area contributed by atoms with Crippen LogP contribution in [0.15, 0.2) is 48.0 Å². The number of benzene rings is 1. The normalized spacial score (nSPS) is 12.2. The van der Waals surface area contributed by atoms with Crippen LogP contribution in [0.25, 0.3) is 10.9 Å². The van der Waals surface area contributed by atoms with Crippen LogP contribution in [0, 0.1) is 6.92 Å². The maximum Gasteiger partial charge on any atom is 0.256 e. The fourth-order valence-corrected chi connectivity index (χ4v) is 4.91. The molecule has 3 aromatic heterocycles. The topological polar surface area (TPSA) is 69.8 Å². The molecule has 138 valence electrons. The molecule has 0 unspecified atom stereocenters. The van der Waals surface area contributed by atoms with Crippen molar-refractivity contribution in [1.82, 2.24) is 14.7 Å². The van der Waals surface area contributed by atoms with Crippen molar-refractivity contribution in [2.75, 3.05) is 18.9 Å². The third-order valence-electron chi connectivity index (χ3n) is 4.67. The lowest BCUT2D eigenvalue weighted by molar-refractivity contribution is 0.0953. The Hall–Kier alpha value is -2.64. The molecular weight excluding hydrogens is 376 g/mol. The summed E-state index contributed by atoms with van der Waals surface area (Å²) in [5.41, 5.74) is 3.69. The van der Waals surface area contributed by atoms with Crippen LogP contribution in [0.5, 0.6) is 0 Å². The van der Waals surface area contributed by atoms with Gasteiger partial charge in [-0.25, -0.2) is 0 Å². The molecule has 4 aromatic rings. The van der Waals surface area contributed by atoms with Crippen molar-refractivity contribution >= 4 is 44.7 Å². The van der Waals surface area contributed by atoms with Gasteiger partial charge in [-0.15, -0.1) is 11.3 Å². The molecule has 0 aliphatic heterocycles. The monoisotopic (exact) mass is 396 g/mol. The number of anilines is 1. The van der Waals surface area contributed by atoms with Gasteiger partial charge in [0.1, 0.15) is 5.00 Å². The zero-order chi connectivity index (χ0) is 18.8. The van der Waals surface area contributed by atoms with Crippen molar-refractivity contribution in [2.24, 2.45) is 0 Å². The first-order valence-electron chi connectivity index (χ1n) is 8.70. The molecule has 3 N–H and O–H groups in total. The quantitative estimate of drug-likeness (QED) is 0.446. The summed E-state index contributed by atoms with van der Waals surface area (Å²) in [5, 5.41) is 10.2. The van der Waals surface area contributed by atoms with Gasteiger partial charge in [0, 0.05) is 41.5 Å². The van der Waals surface area contributed by atoms with Crippen molar-refractivity contribution in [2.45, 2.75) is 12.8 Å². The summed E-state index contributed by atoms with van der Waals surface area (Å²) in [4.78, 5) is 17.4. The van der Waals surface area contributed by atoms with E-state index in [9.17, 15) is 4.79 Å². The lowest BCUT2D eigenvalue weighted by atomic mass is 9.96. The summed E-state index contributed by atoms with van der Waals surface area (Å²) in [6, 6.07) is 12.4. The molecule has 1 amide bonds. The molecule has 0 fully saturated rings. The van der Waals surface area contributed by atoms with Crippen LogP contribution in [0.4, 0.5) is 5.00 Å². The van der Waals surface area contributed by atoms with E-state index in [1.165, 1.54) is 27.4 Å². The minimum atomic E-state index is -0.0907. The van der Waals surface area contributed by atoms with Gasteiger partial charge in [-0.3, -0.25) is 4.79 Å². The molecule has 5 nitrogen and oxygen atoms in total. The molecule has 4 rings (SSSR count). The standard InChI is InChI=1S/C20H20N4OS2/c1-12-18(20(21-2)27-24-12)19(25)23-11-15(17-8-5-9-26-17)14-10-22-16-7-4-3-6-13(14)16/h3-10,15,21-22H,11H2,1-2H3,(H,23,25)/t15-/m0/s1. The number of carbonyl (C=O) groups is 1. The van der Waals surface area contributed by atoms with Crippen molar-refractivity contribution in [3.8, 4) is 0 Å². The predicted octanol–water partition coefficient (Wildman–Crippen LogP) is 4.60. The lowest BCUT2D eigenvalue weighted by Crippen LogP contribution is -2.29.